The van der Waals surface area contributed by atoms with Crippen LogP contribution >= 0.6 is 11.8 Å². The Hall–Kier alpha value is -1.43. The molecule has 0 saturated carbocycles. The highest BCUT2D eigenvalue weighted by Gasteiger charge is 2.29. The van der Waals surface area contributed by atoms with Gasteiger partial charge in [-0.1, -0.05) is 0 Å². The molecule has 0 bridgehead atoms. The Bertz CT molecular complexity index is 454. The molecule has 1 aromatic rings. The van der Waals surface area contributed by atoms with Crippen LogP contribution in [0.3, 0.4) is 0 Å². The number of fused-ring (bicyclic) bond motifs is 1. The zero-order chi connectivity index (χ0) is 10.3. The maximum Gasteiger partial charge on any atom is 0.327 e. The molecule has 0 amide bonds. The third kappa shape index (κ3) is 1.19. The molecule has 6 heteroatoms. The van der Waals surface area contributed by atoms with Crippen LogP contribution in [0.25, 0.3) is 0 Å². The molecule has 0 saturated heterocycles. The second-order valence-electron chi connectivity index (χ2n) is 2.97. The van der Waals surface area contributed by atoms with Gasteiger partial charge in [0.15, 0.2) is 0 Å². The Morgan fingerprint density at radius 2 is 2.36 bits per heavy atom. The standard InChI is InChI=1S/C8H8N2O3S/c9-4-1-2-6-10(7(4)11)5(3-14-6)8(12)13/h1-2,5H,3,9H2,(H,12,13)/t5-/m0/s1. The average Bonchev–Trinajstić information content (AvgIpc) is 2.55. The van der Waals surface area contributed by atoms with Gasteiger partial charge < -0.3 is 10.8 Å². The van der Waals surface area contributed by atoms with E-state index in [2.05, 4.69) is 0 Å². The molecule has 0 spiro atoms. The fraction of sp³-hybridized carbons (Fsp3) is 0.250. The third-order valence-electron chi connectivity index (χ3n) is 2.09. The highest BCUT2D eigenvalue weighted by atomic mass is 32.2. The predicted molar refractivity (Wildman–Crippen MR) is 52.5 cm³/mol. The molecule has 0 fully saturated rings. The van der Waals surface area contributed by atoms with Gasteiger partial charge in [-0.2, -0.15) is 0 Å². The number of rotatable bonds is 1. The van der Waals surface area contributed by atoms with Crippen LogP contribution in [0.4, 0.5) is 5.69 Å². The van der Waals surface area contributed by atoms with E-state index in [4.69, 9.17) is 10.8 Å². The summed E-state index contributed by atoms with van der Waals surface area (Å²) >= 11 is 1.35. The van der Waals surface area contributed by atoms with E-state index in [1.807, 2.05) is 0 Å². The van der Waals surface area contributed by atoms with Crippen molar-refractivity contribution in [2.24, 2.45) is 0 Å². The molecular formula is C8H8N2O3S. The molecule has 3 N–H and O–H groups in total. The molecule has 14 heavy (non-hydrogen) atoms. The van der Waals surface area contributed by atoms with E-state index in [0.29, 0.717) is 10.8 Å². The Morgan fingerprint density at radius 3 is 3.00 bits per heavy atom. The quantitative estimate of drug-likeness (QED) is 0.692. The Labute approximate surface area is 83.5 Å². The second kappa shape index (κ2) is 3.06. The lowest BCUT2D eigenvalue weighted by Gasteiger charge is -2.08. The molecule has 74 valence electrons. The number of anilines is 1. The van der Waals surface area contributed by atoms with Crippen molar-refractivity contribution in [2.75, 3.05) is 11.5 Å². The van der Waals surface area contributed by atoms with Gasteiger partial charge in [0.05, 0.1) is 10.7 Å². The number of pyridine rings is 1. The number of carbonyl (C=O) groups is 1. The number of nitrogen functional groups attached to an aromatic ring is 1. The predicted octanol–water partition coefficient (Wildman–Crippen LogP) is 0.162. The molecule has 1 aliphatic heterocycles. The number of hydrogen-bond acceptors (Lipinski definition) is 4. The van der Waals surface area contributed by atoms with Crippen molar-refractivity contribution in [3.8, 4) is 0 Å². The van der Waals surface area contributed by atoms with Gasteiger partial charge in [-0.15, -0.1) is 11.8 Å². The first-order chi connectivity index (χ1) is 6.61. The Morgan fingerprint density at radius 1 is 1.64 bits per heavy atom. The SMILES string of the molecule is Nc1ccc2n(c1=O)[C@H](C(=O)O)CS2. The number of aliphatic carboxylic acids is 1. The number of nitrogens with two attached hydrogens (primary N) is 1. The lowest BCUT2D eigenvalue weighted by Crippen LogP contribution is -2.29. The van der Waals surface area contributed by atoms with E-state index in [1.165, 1.54) is 22.4 Å². The summed E-state index contributed by atoms with van der Waals surface area (Å²) in [6, 6.07) is 2.39. The van der Waals surface area contributed by atoms with Crippen LogP contribution in [0.1, 0.15) is 6.04 Å². The van der Waals surface area contributed by atoms with Gasteiger partial charge in [-0.3, -0.25) is 9.36 Å². The molecule has 0 radical (unpaired) electrons. The van der Waals surface area contributed by atoms with Crippen molar-refractivity contribution < 1.29 is 9.90 Å². The van der Waals surface area contributed by atoms with Crippen molar-refractivity contribution in [1.82, 2.24) is 4.57 Å². The summed E-state index contributed by atoms with van der Waals surface area (Å²) in [6.45, 7) is 0. The summed E-state index contributed by atoms with van der Waals surface area (Å²) < 4.78 is 1.24. The zero-order valence-corrected chi connectivity index (χ0v) is 7.95. The van der Waals surface area contributed by atoms with Gasteiger partial charge in [-0.25, -0.2) is 4.79 Å². The van der Waals surface area contributed by atoms with E-state index in [1.54, 1.807) is 6.07 Å². The number of hydrogen-bond donors (Lipinski definition) is 2. The van der Waals surface area contributed by atoms with Gasteiger partial charge >= 0.3 is 5.97 Å². The minimum Gasteiger partial charge on any atom is -0.480 e. The van der Waals surface area contributed by atoms with E-state index in [-0.39, 0.29) is 5.69 Å². The van der Waals surface area contributed by atoms with Crippen molar-refractivity contribution >= 4 is 23.4 Å². The molecule has 1 aliphatic rings. The second-order valence-corrected chi connectivity index (χ2v) is 4.01. The van der Waals surface area contributed by atoms with Crippen LogP contribution in [0.2, 0.25) is 0 Å². The highest BCUT2D eigenvalue weighted by Crippen LogP contribution is 2.31. The number of aromatic nitrogens is 1. The molecule has 1 aromatic heterocycles. The lowest BCUT2D eigenvalue weighted by molar-refractivity contribution is -0.140. The van der Waals surface area contributed by atoms with E-state index >= 15 is 0 Å². The van der Waals surface area contributed by atoms with Crippen LogP contribution < -0.4 is 11.3 Å². The monoisotopic (exact) mass is 212 g/mol. The van der Waals surface area contributed by atoms with Gasteiger partial charge in [0.1, 0.15) is 6.04 Å². The Balaban J connectivity index is 2.63. The fourth-order valence-corrected chi connectivity index (χ4v) is 2.52. The van der Waals surface area contributed by atoms with Crippen LogP contribution in [0.15, 0.2) is 22.0 Å². The largest absolute Gasteiger partial charge is 0.480 e. The summed E-state index contributed by atoms with van der Waals surface area (Å²) in [5.74, 6) is -0.613. The van der Waals surface area contributed by atoms with Gasteiger partial charge in [0.25, 0.3) is 5.56 Å². The van der Waals surface area contributed by atoms with Gasteiger partial charge in [0, 0.05) is 5.75 Å². The van der Waals surface area contributed by atoms with Gasteiger partial charge in [0.2, 0.25) is 0 Å². The van der Waals surface area contributed by atoms with Crippen LogP contribution in [-0.2, 0) is 4.79 Å². The van der Waals surface area contributed by atoms with Crippen molar-refractivity contribution in [1.29, 1.82) is 0 Å². The zero-order valence-electron chi connectivity index (χ0n) is 7.14. The van der Waals surface area contributed by atoms with E-state index in [9.17, 15) is 9.59 Å². The lowest BCUT2D eigenvalue weighted by atomic mass is 10.3. The molecular weight excluding hydrogens is 204 g/mol. The summed E-state index contributed by atoms with van der Waals surface area (Å²) in [4.78, 5) is 22.4. The summed E-state index contributed by atoms with van der Waals surface area (Å²) in [5, 5.41) is 9.52. The van der Waals surface area contributed by atoms with Crippen molar-refractivity contribution in [3.63, 3.8) is 0 Å². The third-order valence-corrected chi connectivity index (χ3v) is 3.21. The number of nitrogens with zero attached hydrogens (tertiary/aromatic N) is 1. The molecule has 5 nitrogen and oxygen atoms in total. The fourth-order valence-electron chi connectivity index (χ4n) is 1.39. The smallest absolute Gasteiger partial charge is 0.327 e. The van der Waals surface area contributed by atoms with Crippen LogP contribution in [0.5, 0.6) is 0 Å². The molecule has 2 heterocycles. The topological polar surface area (TPSA) is 85.3 Å². The molecule has 0 aliphatic carbocycles. The average molecular weight is 212 g/mol. The molecule has 2 rings (SSSR count). The number of carboxylic acid groups (broad SMARTS) is 1. The summed E-state index contributed by atoms with van der Waals surface area (Å²) in [7, 11) is 0. The van der Waals surface area contributed by atoms with Crippen LogP contribution in [-0.4, -0.2) is 21.4 Å². The first-order valence-electron chi connectivity index (χ1n) is 3.98. The highest BCUT2D eigenvalue weighted by molar-refractivity contribution is 7.99. The van der Waals surface area contributed by atoms with Crippen molar-refractivity contribution in [2.45, 2.75) is 11.1 Å². The Kier molecular flexibility index (Phi) is 1.99. The molecule has 1 atom stereocenters. The first kappa shape index (κ1) is 9.14. The molecule has 0 unspecified atom stereocenters. The minimum absolute atomic E-state index is 0.0856. The number of thioether (sulfide) groups is 1. The van der Waals surface area contributed by atoms with Gasteiger partial charge in [-0.05, 0) is 12.1 Å². The van der Waals surface area contributed by atoms with E-state index in [0.717, 1.165) is 0 Å². The summed E-state index contributed by atoms with van der Waals surface area (Å²) in [6.07, 6.45) is 0. The van der Waals surface area contributed by atoms with E-state index < -0.39 is 17.6 Å². The maximum atomic E-state index is 11.5. The minimum atomic E-state index is -0.996. The maximum absolute atomic E-state index is 11.5. The summed E-state index contributed by atoms with van der Waals surface area (Å²) in [5.41, 5.74) is 5.09. The van der Waals surface area contributed by atoms with Crippen LogP contribution in [0, 0.1) is 0 Å². The molecule has 0 aromatic carbocycles. The van der Waals surface area contributed by atoms with Crippen molar-refractivity contribution in [3.05, 3.63) is 22.5 Å². The first-order valence-corrected chi connectivity index (χ1v) is 4.96. The number of carboxylic acids is 1. The normalized spacial score (nSPS) is 19.3.